The number of benzene rings is 2. The smallest absolute Gasteiger partial charge is 0.122 e. The summed E-state index contributed by atoms with van der Waals surface area (Å²) in [6.45, 7) is 0. The first-order chi connectivity index (χ1) is 10.3. The minimum Gasteiger partial charge on any atom is -0.496 e. The summed E-state index contributed by atoms with van der Waals surface area (Å²) in [5.41, 5.74) is 4.51. The number of para-hydroxylation sites is 1. The number of ether oxygens (including phenoxy) is 1. The molecule has 1 unspecified atom stereocenters. The van der Waals surface area contributed by atoms with Gasteiger partial charge in [0.2, 0.25) is 0 Å². The summed E-state index contributed by atoms with van der Waals surface area (Å²) in [5, 5.41) is 0.995. The topological polar surface area (TPSA) is 9.23 Å². The van der Waals surface area contributed by atoms with E-state index in [1.165, 1.54) is 36.0 Å². The fourth-order valence-corrected chi connectivity index (χ4v) is 4.37. The Bertz CT molecular complexity index is 622. The van der Waals surface area contributed by atoms with Crippen LogP contribution in [0.5, 0.6) is 5.75 Å². The highest BCUT2D eigenvalue weighted by Crippen LogP contribution is 2.42. The number of hydrogen-bond donors (Lipinski definition) is 0. The van der Waals surface area contributed by atoms with Crippen LogP contribution in [0.25, 0.3) is 0 Å². The molecule has 110 valence electrons. The van der Waals surface area contributed by atoms with Gasteiger partial charge in [-0.3, -0.25) is 0 Å². The second-order valence-electron chi connectivity index (χ2n) is 5.91. The van der Waals surface area contributed by atoms with Gasteiger partial charge in [-0.05, 0) is 48.4 Å². The van der Waals surface area contributed by atoms with Crippen molar-refractivity contribution in [1.29, 1.82) is 0 Å². The second-order valence-corrected chi connectivity index (χ2v) is 6.47. The van der Waals surface area contributed by atoms with Gasteiger partial charge in [0.1, 0.15) is 5.75 Å². The van der Waals surface area contributed by atoms with Gasteiger partial charge in [0, 0.05) is 10.7 Å². The molecule has 0 spiro atoms. The maximum atomic E-state index is 5.55. The maximum Gasteiger partial charge on any atom is 0.122 e. The van der Waals surface area contributed by atoms with Crippen LogP contribution >= 0.6 is 15.9 Å². The first-order valence-corrected chi connectivity index (χ1v) is 8.67. The van der Waals surface area contributed by atoms with E-state index in [4.69, 9.17) is 4.74 Å². The molecule has 1 atom stereocenters. The van der Waals surface area contributed by atoms with Crippen molar-refractivity contribution in [2.24, 2.45) is 0 Å². The van der Waals surface area contributed by atoms with Crippen LogP contribution in [0.3, 0.4) is 0 Å². The highest BCUT2D eigenvalue weighted by molar-refractivity contribution is 9.09. The molecule has 0 aliphatic heterocycles. The molecule has 1 aliphatic rings. The Morgan fingerprint density at radius 3 is 2.67 bits per heavy atom. The van der Waals surface area contributed by atoms with Crippen LogP contribution in [-0.2, 0) is 18.3 Å². The fourth-order valence-electron chi connectivity index (χ4n) is 3.59. The molecule has 0 heterocycles. The molecule has 0 N–H and O–H groups in total. The fraction of sp³-hybridized carbons (Fsp3) is 0.368. The van der Waals surface area contributed by atoms with E-state index in [1.807, 2.05) is 6.07 Å². The number of fused-ring (bicyclic) bond motifs is 1. The van der Waals surface area contributed by atoms with E-state index in [0.717, 1.165) is 17.5 Å². The lowest BCUT2D eigenvalue weighted by molar-refractivity contribution is 0.378. The van der Waals surface area contributed by atoms with E-state index in [0.29, 0.717) is 0 Å². The zero-order chi connectivity index (χ0) is 14.7. The quantitative estimate of drug-likeness (QED) is 0.716. The van der Waals surface area contributed by atoms with Gasteiger partial charge in [0.25, 0.3) is 0 Å². The van der Waals surface area contributed by atoms with Gasteiger partial charge in [-0.15, -0.1) is 0 Å². The lowest BCUT2D eigenvalue weighted by Crippen LogP contribution is -2.35. The molecule has 0 radical (unpaired) electrons. The first-order valence-electron chi connectivity index (χ1n) is 7.55. The predicted octanol–water partition coefficient (Wildman–Crippen LogP) is 4.91. The minimum absolute atomic E-state index is 0.184. The van der Waals surface area contributed by atoms with Crippen molar-refractivity contribution in [3.05, 3.63) is 65.2 Å². The van der Waals surface area contributed by atoms with E-state index >= 15 is 0 Å². The Hall–Kier alpha value is -1.28. The Balaban J connectivity index is 2.02. The lowest BCUT2D eigenvalue weighted by atomic mass is 9.68. The average Bonchev–Trinajstić information content (AvgIpc) is 2.55. The van der Waals surface area contributed by atoms with Crippen LogP contribution in [0.15, 0.2) is 48.5 Å². The average molecular weight is 345 g/mol. The lowest BCUT2D eigenvalue weighted by Gasteiger charge is -2.38. The summed E-state index contributed by atoms with van der Waals surface area (Å²) in [6.07, 6.45) is 4.72. The number of aryl methyl sites for hydroxylation is 1. The van der Waals surface area contributed by atoms with Crippen LogP contribution in [0, 0.1) is 0 Å². The van der Waals surface area contributed by atoms with Gasteiger partial charge in [-0.25, -0.2) is 0 Å². The van der Waals surface area contributed by atoms with E-state index in [2.05, 4.69) is 58.4 Å². The van der Waals surface area contributed by atoms with Crippen molar-refractivity contribution in [2.75, 3.05) is 12.4 Å². The third kappa shape index (κ3) is 2.74. The van der Waals surface area contributed by atoms with Crippen LogP contribution in [0.2, 0.25) is 0 Å². The molecule has 1 nitrogen and oxygen atoms in total. The molecule has 2 aromatic rings. The largest absolute Gasteiger partial charge is 0.496 e. The summed E-state index contributed by atoms with van der Waals surface area (Å²) >= 11 is 3.80. The van der Waals surface area contributed by atoms with Crippen molar-refractivity contribution in [3.8, 4) is 5.75 Å². The summed E-state index contributed by atoms with van der Waals surface area (Å²) in [6, 6.07) is 17.3. The predicted molar refractivity (Wildman–Crippen MR) is 91.6 cm³/mol. The minimum atomic E-state index is 0.184. The van der Waals surface area contributed by atoms with Crippen molar-refractivity contribution >= 4 is 15.9 Å². The monoisotopic (exact) mass is 344 g/mol. The van der Waals surface area contributed by atoms with Gasteiger partial charge >= 0.3 is 0 Å². The van der Waals surface area contributed by atoms with Gasteiger partial charge in [0.05, 0.1) is 7.11 Å². The zero-order valence-electron chi connectivity index (χ0n) is 12.4. The summed E-state index contributed by atoms with van der Waals surface area (Å²) in [4.78, 5) is 0. The van der Waals surface area contributed by atoms with Crippen molar-refractivity contribution in [1.82, 2.24) is 0 Å². The van der Waals surface area contributed by atoms with Crippen LogP contribution < -0.4 is 4.74 Å². The van der Waals surface area contributed by atoms with E-state index in [-0.39, 0.29) is 5.41 Å². The highest BCUT2D eigenvalue weighted by atomic mass is 79.9. The van der Waals surface area contributed by atoms with Crippen molar-refractivity contribution < 1.29 is 4.74 Å². The Kier molecular flexibility index (Phi) is 4.34. The van der Waals surface area contributed by atoms with E-state index in [1.54, 1.807) is 7.11 Å². The third-order valence-electron chi connectivity index (χ3n) is 4.67. The van der Waals surface area contributed by atoms with E-state index in [9.17, 15) is 0 Å². The van der Waals surface area contributed by atoms with E-state index < -0.39 is 0 Å². The molecule has 0 saturated heterocycles. The maximum absolute atomic E-state index is 5.55. The SMILES string of the molecule is COc1ccccc1CC1(CBr)CCCc2ccccc21. The Morgan fingerprint density at radius 2 is 1.86 bits per heavy atom. The normalized spacial score (nSPS) is 20.9. The van der Waals surface area contributed by atoms with Crippen molar-refractivity contribution in [3.63, 3.8) is 0 Å². The molecule has 0 aromatic heterocycles. The van der Waals surface area contributed by atoms with Gasteiger partial charge in [0.15, 0.2) is 0 Å². The molecule has 1 aliphatic carbocycles. The number of methoxy groups -OCH3 is 1. The molecule has 2 aromatic carbocycles. The molecule has 0 saturated carbocycles. The molecule has 0 bridgehead atoms. The van der Waals surface area contributed by atoms with Crippen LogP contribution in [0.4, 0.5) is 0 Å². The van der Waals surface area contributed by atoms with Crippen LogP contribution in [0.1, 0.15) is 29.5 Å². The second kappa shape index (κ2) is 6.23. The molecular formula is C19H21BrO. The van der Waals surface area contributed by atoms with Gasteiger partial charge < -0.3 is 4.74 Å². The number of halogens is 1. The molecular weight excluding hydrogens is 324 g/mol. The number of hydrogen-bond acceptors (Lipinski definition) is 1. The first kappa shape index (κ1) is 14.6. The van der Waals surface area contributed by atoms with Crippen LogP contribution in [-0.4, -0.2) is 12.4 Å². The summed E-state index contributed by atoms with van der Waals surface area (Å²) < 4.78 is 5.55. The zero-order valence-corrected chi connectivity index (χ0v) is 14.0. The van der Waals surface area contributed by atoms with Gasteiger partial charge in [-0.2, -0.15) is 0 Å². The molecule has 2 heteroatoms. The number of alkyl halides is 1. The summed E-state index contributed by atoms with van der Waals surface area (Å²) in [7, 11) is 1.76. The summed E-state index contributed by atoms with van der Waals surface area (Å²) in [5.74, 6) is 1.00. The standard InChI is InChI=1S/C19H21BrO/c1-21-18-11-5-3-8-16(18)13-19(14-20)12-6-9-15-7-2-4-10-17(15)19/h2-5,7-8,10-11H,6,9,12-14H2,1H3. The molecule has 0 amide bonds. The highest BCUT2D eigenvalue weighted by Gasteiger charge is 2.36. The number of rotatable bonds is 4. The van der Waals surface area contributed by atoms with Crippen molar-refractivity contribution in [2.45, 2.75) is 31.1 Å². The molecule has 3 rings (SSSR count). The Labute approximate surface area is 135 Å². The molecule has 21 heavy (non-hydrogen) atoms. The Morgan fingerprint density at radius 1 is 1.10 bits per heavy atom. The third-order valence-corrected chi connectivity index (χ3v) is 5.74. The molecule has 0 fully saturated rings. The van der Waals surface area contributed by atoms with Gasteiger partial charge in [-0.1, -0.05) is 58.4 Å².